The van der Waals surface area contributed by atoms with Crippen LogP contribution in [0.5, 0.6) is 10.9 Å². The van der Waals surface area contributed by atoms with Gasteiger partial charge in [0.25, 0.3) is 5.19 Å². The summed E-state index contributed by atoms with van der Waals surface area (Å²) in [6, 6.07) is 12.2. The van der Waals surface area contributed by atoms with E-state index in [0.29, 0.717) is 5.19 Å². The third kappa shape index (κ3) is 2.58. The van der Waals surface area contributed by atoms with Gasteiger partial charge in [0, 0.05) is 9.85 Å². The van der Waals surface area contributed by atoms with E-state index in [2.05, 4.69) is 49.0 Å². The maximum absolute atomic E-state index is 5.70. The van der Waals surface area contributed by atoms with Gasteiger partial charge in [-0.15, -0.1) is 0 Å². The Bertz CT molecular complexity index is 711. The highest BCUT2D eigenvalue weighted by molar-refractivity contribution is 9.10. The number of rotatable bonds is 2. The first kappa shape index (κ1) is 12.1. The van der Waals surface area contributed by atoms with Crippen LogP contribution in [-0.2, 0) is 0 Å². The van der Waals surface area contributed by atoms with Gasteiger partial charge in [-0.3, -0.25) is 0 Å². The van der Waals surface area contributed by atoms with E-state index >= 15 is 0 Å². The summed E-state index contributed by atoms with van der Waals surface area (Å²) in [6.07, 6.45) is 0. The maximum Gasteiger partial charge on any atom is 0.279 e. The van der Waals surface area contributed by atoms with E-state index in [-0.39, 0.29) is 0 Å². The van der Waals surface area contributed by atoms with E-state index < -0.39 is 0 Å². The van der Waals surface area contributed by atoms with Crippen LogP contribution < -0.4 is 4.74 Å². The zero-order chi connectivity index (χ0) is 12.5. The first-order chi connectivity index (χ1) is 8.70. The number of nitrogens with zero attached hydrogens (tertiary/aromatic N) is 1. The SMILES string of the molecule is Brc1ccc2cc(Oc3nc(Br)cs3)ccc2c1. The molecule has 18 heavy (non-hydrogen) atoms. The molecule has 0 saturated heterocycles. The summed E-state index contributed by atoms with van der Waals surface area (Å²) in [6.45, 7) is 0. The molecule has 0 aliphatic carbocycles. The van der Waals surface area contributed by atoms with Crippen LogP contribution in [0.15, 0.2) is 50.9 Å². The molecule has 90 valence electrons. The zero-order valence-electron chi connectivity index (χ0n) is 9.06. The second kappa shape index (κ2) is 4.99. The second-order valence-electron chi connectivity index (χ2n) is 3.69. The molecule has 3 aromatic rings. The summed E-state index contributed by atoms with van der Waals surface area (Å²) in [7, 11) is 0. The molecule has 0 radical (unpaired) electrons. The molecule has 0 aliphatic rings. The van der Waals surface area contributed by atoms with Crippen LogP contribution in [0.25, 0.3) is 10.8 Å². The summed E-state index contributed by atoms with van der Waals surface area (Å²) in [5, 5.41) is 4.86. The number of hydrogen-bond acceptors (Lipinski definition) is 3. The Morgan fingerprint density at radius 3 is 2.56 bits per heavy atom. The molecule has 1 heterocycles. The summed E-state index contributed by atoms with van der Waals surface area (Å²) in [5.74, 6) is 0.798. The molecule has 3 rings (SSSR count). The standard InChI is InChI=1S/C13H7Br2NOS/c14-10-3-1-9-6-11(4-2-8(9)5-10)17-13-16-12(15)7-18-13/h1-7H. The fraction of sp³-hybridized carbons (Fsp3) is 0. The van der Waals surface area contributed by atoms with Gasteiger partial charge in [-0.2, -0.15) is 4.98 Å². The molecule has 0 unspecified atom stereocenters. The van der Waals surface area contributed by atoms with Crippen molar-refractivity contribution in [2.24, 2.45) is 0 Å². The molecule has 0 atom stereocenters. The Hall–Kier alpha value is -0.910. The minimum atomic E-state index is 0.637. The molecule has 2 nitrogen and oxygen atoms in total. The highest BCUT2D eigenvalue weighted by Gasteiger charge is 2.03. The average molecular weight is 385 g/mol. The minimum absolute atomic E-state index is 0.637. The highest BCUT2D eigenvalue weighted by atomic mass is 79.9. The van der Waals surface area contributed by atoms with Gasteiger partial charge in [0.1, 0.15) is 10.4 Å². The van der Waals surface area contributed by atoms with Crippen molar-refractivity contribution < 1.29 is 4.74 Å². The monoisotopic (exact) mass is 383 g/mol. The van der Waals surface area contributed by atoms with Gasteiger partial charge in [0.05, 0.1) is 0 Å². The maximum atomic E-state index is 5.70. The molecular weight excluding hydrogens is 378 g/mol. The molecule has 1 aromatic heterocycles. The van der Waals surface area contributed by atoms with Crippen LogP contribution in [-0.4, -0.2) is 4.98 Å². The lowest BCUT2D eigenvalue weighted by Crippen LogP contribution is -1.83. The normalized spacial score (nSPS) is 10.8. The number of hydrogen-bond donors (Lipinski definition) is 0. The van der Waals surface area contributed by atoms with Crippen molar-refractivity contribution >= 4 is 54.0 Å². The van der Waals surface area contributed by atoms with Crippen molar-refractivity contribution in [1.82, 2.24) is 4.98 Å². The Kier molecular flexibility index (Phi) is 3.37. The summed E-state index contributed by atoms with van der Waals surface area (Å²) in [5.41, 5.74) is 0. The summed E-state index contributed by atoms with van der Waals surface area (Å²) in [4.78, 5) is 4.21. The van der Waals surface area contributed by atoms with Crippen molar-refractivity contribution in [3.05, 3.63) is 50.9 Å². The highest BCUT2D eigenvalue weighted by Crippen LogP contribution is 2.30. The molecule has 0 aliphatic heterocycles. The molecule has 0 saturated carbocycles. The van der Waals surface area contributed by atoms with Crippen molar-refractivity contribution in [1.29, 1.82) is 0 Å². The fourth-order valence-electron chi connectivity index (χ4n) is 1.64. The van der Waals surface area contributed by atoms with E-state index in [1.54, 1.807) is 0 Å². The van der Waals surface area contributed by atoms with Crippen LogP contribution in [0.4, 0.5) is 0 Å². The molecule has 0 amide bonds. The van der Waals surface area contributed by atoms with Gasteiger partial charge in [-0.25, -0.2) is 0 Å². The fourth-order valence-corrected chi connectivity index (χ4v) is 3.13. The molecular formula is C13H7Br2NOS. The average Bonchev–Trinajstić information content (AvgIpc) is 2.75. The Morgan fingerprint density at radius 2 is 1.78 bits per heavy atom. The van der Waals surface area contributed by atoms with Crippen LogP contribution in [0.3, 0.4) is 0 Å². The molecule has 2 aromatic carbocycles. The Labute approximate surface area is 125 Å². The van der Waals surface area contributed by atoms with Gasteiger partial charge < -0.3 is 4.74 Å². The molecule has 5 heteroatoms. The molecule has 0 fully saturated rings. The Morgan fingerprint density at radius 1 is 1.00 bits per heavy atom. The van der Waals surface area contributed by atoms with Gasteiger partial charge in [-0.1, -0.05) is 39.4 Å². The van der Waals surface area contributed by atoms with Crippen molar-refractivity contribution in [3.8, 4) is 10.9 Å². The van der Waals surface area contributed by atoms with Crippen molar-refractivity contribution in [2.45, 2.75) is 0 Å². The third-order valence-electron chi connectivity index (χ3n) is 2.43. The van der Waals surface area contributed by atoms with Crippen molar-refractivity contribution in [2.75, 3.05) is 0 Å². The molecule has 0 bridgehead atoms. The Balaban J connectivity index is 1.96. The first-order valence-corrected chi connectivity index (χ1v) is 7.65. The van der Waals surface area contributed by atoms with Gasteiger partial charge in [-0.05, 0) is 51.0 Å². The number of ether oxygens (including phenoxy) is 1. The number of fused-ring (bicyclic) bond motifs is 1. The lowest BCUT2D eigenvalue weighted by Gasteiger charge is -2.04. The minimum Gasteiger partial charge on any atom is -0.431 e. The number of aromatic nitrogens is 1. The predicted octanol–water partition coefficient (Wildman–Crippen LogP) is 5.61. The zero-order valence-corrected chi connectivity index (χ0v) is 13.0. The number of benzene rings is 2. The smallest absolute Gasteiger partial charge is 0.279 e. The third-order valence-corrected chi connectivity index (χ3v) is 4.35. The molecule has 0 N–H and O–H groups in total. The van der Waals surface area contributed by atoms with Gasteiger partial charge in [0.15, 0.2) is 0 Å². The lowest BCUT2D eigenvalue weighted by molar-refractivity contribution is 0.479. The van der Waals surface area contributed by atoms with Crippen LogP contribution >= 0.6 is 43.2 Å². The van der Waals surface area contributed by atoms with Crippen LogP contribution in [0.1, 0.15) is 0 Å². The second-order valence-corrected chi connectivity index (χ2v) is 6.24. The van der Waals surface area contributed by atoms with Gasteiger partial charge in [0.2, 0.25) is 0 Å². The van der Waals surface area contributed by atoms with Crippen LogP contribution in [0, 0.1) is 0 Å². The predicted molar refractivity (Wildman–Crippen MR) is 81.5 cm³/mol. The van der Waals surface area contributed by atoms with Crippen LogP contribution in [0.2, 0.25) is 0 Å². The van der Waals surface area contributed by atoms with Crippen molar-refractivity contribution in [3.63, 3.8) is 0 Å². The molecule has 0 spiro atoms. The van der Waals surface area contributed by atoms with Gasteiger partial charge >= 0.3 is 0 Å². The summed E-state index contributed by atoms with van der Waals surface area (Å²) >= 11 is 8.23. The van der Waals surface area contributed by atoms with E-state index in [0.717, 1.165) is 20.2 Å². The lowest BCUT2D eigenvalue weighted by atomic mass is 10.1. The first-order valence-electron chi connectivity index (χ1n) is 5.19. The number of thiazole rings is 1. The van der Waals surface area contributed by atoms with E-state index in [1.165, 1.54) is 16.7 Å². The number of halogens is 2. The van der Waals surface area contributed by atoms with E-state index in [9.17, 15) is 0 Å². The topological polar surface area (TPSA) is 22.1 Å². The quantitative estimate of drug-likeness (QED) is 0.572. The van der Waals surface area contributed by atoms with E-state index in [1.807, 2.05) is 29.6 Å². The largest absolute Gasteiger partial charge is 0.431 e. The summed E-state index contributed by atoms with van der Waals surface area (Å²) < 4.78 is 7.58. The van der Waals surface area contributed by atoms with E-state index in [4.69, 9.17) is 4.74 Å².